The molecule has 0 N–H and O–H groups in total. The maximum Gasteiger partial charge on any atom is 0.310 e. The zero-order chi connectivity index (χ0) is 12.0. The molecule has 1 aromatic heterocycles. The van der Waals surface area contributed by atoms with Crippen LogP contribution in [0.4, 0.5) is 0 Å². The van der Waals surface area contributed by atoms with Crippen molar-refractivity contribution in [1.82, 2.24) is 9.55 Å². The summed E-state index contributed by atoms with van der Waals surface area (Å²) in [6.45, 7) is 0.729. The van der Waals surface area contributed by atoms with Crippen LogP contribution in [-0.4, -0.2) is 22.6 Å². The number of aromatic nitrogens is 2. The van der Waals surface area contributed by atoms with E-state index in [-0.39, 0.29) is 11.9 Å². The van der Waals surface area contributed by atoms with E-state index in [0.29, 0.717) is 5.92 Å². The van der Waals surface area contributed by atoms with Gasteiger partial charge in [-0.15, -0.1) is 0 Å². The number of carbonyl (C=O) groups is 1. The van der Waals surface area contributed by atoms with Crippen LogP contribution in [0.3, 0.4) is 0 Å². The van der Waals surface area contributed by atoms with E-state index >= 15 is 0 Å². The molecule has 2 heterocycles. The second-order valence-electron chi connectivity index (χ2n) is 4.85. The van der Waals surface area contributed by atoms with Crippen LogP contribution in [-0.2, 0) is 22.5 Å². The number of imidazole rings is 1. The molecule has 2 aliphatic rings. The fourth-order valence-corrected chi connectivity index (χ4v) is 3.15. The van der Waals surface area contributed by atoms with Gasteiger partial charge in [-0.05, 0) is 41.6 Å². The minimum atomic E-state index is -0.0952. The van der Waals surface area contributed by atoms with Gasteiger partial charge in [-0.25, -0.2) is 4.98 Å². The number of hydrogen-bond acceptors (Lipinski definition) is 3. The number of nitrogens with zero attached hydrogens (tertiary/aromatic N) is 2. The minimum absolute atomic E-state index is 0.00824. The van der Waals surface area contributed by atoms with Gasteiger partial charge in [0.05, 0.1) is 18.7 Å². The maximum absolute atomic E-state index is 11.6. The lowest BCUT2D eigenvalue weighted by molar-refractivity contribution is -0.146. The molecule has 1 aliphatic heterocycles. The highest BCUT2D eigenvalue weighted by Gasteiger charge is 2.35. The van der Waals surface area contributed by atoms with Crippen LogP contribution in [0.1, 0.15) is 36.7 Å². The van der Waals surface area contributed by atoms with Gasteiger partial charge in [-0.3, -0.25) is 4.79 Å². The summed E-state index contributed by atoms with van der Waals surface area (Å²) in [5, 5.41) is 0. The Kier molecular flexibility index (Phi) is 2.73. The predicted molar refractivity (Wildman–Crippen MR) is 65.7 cm³/mol. The van der Waals surface area contributed by atoms with Crippen molar-refractivity contribution in [2.45, 2.75) is 38.1 Å². The van der Waals surface area contributed by atoms with Gasteiger partial charge in [0.25, 0.3) is 0 Å². The molecule has 0 bridgehead atoms. The summed E-state index contributed by atoms with van der Waals surface area (Å²) in [5.41, 5.74) is 1.24. The van der Waals surface area contributed by atoms with Crippen molar-refractivity contribution in [2.24, 2.45) is 5.92 Å². The second kappa shape index (κ2) is 4.12. The van der Waals surface area contributed by atoms with E-state index in [1.165, 1.54) is 25.6 Å². The highest BCUT2D eigenvalue weighted by molar-refractivity contribution is 9.10. The van der Waals surface area contributed by atoms with Gasteiger partial charge in [-0.1, -0.05) is 0 Å². The third-order valence-corrected chi connectivity index (χ3v) is 4.30. The first-order valence-corrected chi connectivity index (χ1v) is 6.82. The average Bonchev–Trinajstić information content (AvgIpc) is 3.14. The Balaban J connectivity index is 1.91. The Hall–Kier alpha value is -0.840. The van der Waals surface area contributed by atoms with Gasteiger partial charge in [-0.2, -0.15) is 0 Å². The fraction of sp³-hybridized carbons (Fsp3) is 0.667. The van der Waals surface area contributed by atoms with Gasteiger partial charge in [0.15, 0.2) is 0 Å². The van der Waals surface area contributed by atoms with Crippen LogP contribution >= 0.6 is 15.9 Å². The Bertz CT molecular complexity index is 465. The Morgan fingerprint density at radius 1 is 1.47 bits per heavy atom. The molecule has 4 nitrogen and oxygen atoms in total. The van der Waals surface area contributed by atoms with E-state index in [1.807, 2.05) is 0 Å². The molecule has 1 saturated carbocycles. The standard InChI is InChI=1S/C12H15BrN2O2/c1-17-12(16)8-4-5-9-10(13)14-11(7-2-3-7)15(9)6-8/h7-8H,2-6H2,1H3. The van der Waals surface area contributed by atoms with E-state index in [2.05, 4.69) is 25.5 Å². The van der Waals surface area contributed by atoms with Crippen LogP contribution < -0.4 is 0 Å². The van der Waals surface area contributed by atoms with Crippen molar-refractivity contribution < 1.29 is 9.53 Å². The van der Waals surface area contributed by atoms with E-state index in [1.54, 1.807) is 0 Å². The summed E-state index contributed by atoms with van der Waals surface area (Å²) in [6.07, 6.45) is 4.22. The van der Waals surface area contributed by atoms with Crippen LogP contribution in [0, 0.1) is 5.92 Å². The molecule has 0 radical (unpaired) electrons. The third kappa shape index (κ3) is 1.90. The predicted octanol–water partition coefficient (Wildman–Crippen LogP) is 2.26. The van der Waals surface area contributed by atoms with Crippen molar-refractivity contribution in [2.75, 3.05) is 7.11 Å². The molecule has 1 aliphatic carbocycles. The number of carbonyl (C=O) groups excluding carboxylic acids is 1. The zero-order valence-corrected chi connectivity index (χ0v) is 11.4. The summed E-state index contributed by atoms with van der Waals surface area (Å²) in [4.78, 5) is 16.2. The quantitative estimate of drug-likeness (QED) is 0.787. The number of halogens is 1. The van der Waals surface area contributed by atoms with Crippen molar-refractivity contribution in [3.63, 3.8) is 0 Å². The number of hydrogen-bond donors (Lipinski definition) is 0. The normalized spacial score (nSPS) is 23.3. The smallest absolute Gasteiger partial charge is 0.310 e. The molecule has 0 spiro atoms. The lowest BCUT2D eigenvalue weighted by Gasteiger charge is -2.23. The molecule has 1 fully saturated rings. The van der Waals surface area contributed by atoms with E-state index in [0.717, 1.165) is 29.8 Å². The Morgan fingerprint density at radius 3 is 2.88 bits per heavy atom. The molecule has 5 heteroatoms. The number of fused-ring (bicyclic) bond motifs is 1. The molecule has 0 saturated heterocycles. The highest BCUT2D eigenvalue weighted by atomic mass is 79.9. The molecule has 0 aromatic carbocycles. The van der Waals surface area contributed by atoms with Gasteiger partial charge < -0.3 is 9.30 Å². The molecule has 17 heavy (non-hydrogen) atoms. The summed E-state index contributed by atoms with van der Waals surface area (Å²) >= 11 is 3.52. The summed E-state index contributed by atoms with van der Waals surface area (Å²) < 4.78 is 8.03. The van der Waals surface area contributed by atoms with Crippen LogP contribution in [0.15, 0.2) is 4.60 Å². The molecule has 1 unspecified atom stereocenters. The van der Waals surface area contributed by atoms with E-state index in [4.69, 9.17) is 4.74 Å². The SMILES string of the molecule is COC(=O)C1CCc2c(Br)nc(C3CC3)n2C1. The van der Waals surface area contributed by atoms with Gasteiger partial charge in [0.1, 0.15) is 10.4 Å². The van der Waals surface area contributed by atoms with Gasteiger partial charge in [0, 0.05) is 12.5 Å². The monoisotopic (exact) mass is 298 g/mol. The molecular formula is C12H15BrN2O2. The summed E-state index contributed by atoms with van der Waals surface area (Å²) in [5.74, 6) is 1.66. The van der Waals surface area contributed by atoms with Crippen molar-refractivity contribution in [1.29, 1.82) is 0 Å². The van der Waals surface area contributed by atoms with Gasteiger partial charge >= 0.3 is 5.97 Å². The Morgan fingerprint density at radius 2 is 2.24 bits per heavy atom. The maximum atomic E-state index is 11.6. The first kappa shape index (κ1) is 11.3. The fourth-order valence-electron chi connectivity index (χ4n) is 2.55. The lowest BCUT2D eigenvalue weighted by atomic mass is 9.98. The van der Waals surface area contributed by atoms with Crippen LogP contribution in [0.5, 0.6) is 0 Å². The highest BCUT2D eigenvalue weighted by Crippen LogP contribution is 2.42. The van der Waals surface area contributed by atoms with Crippen LogP contribution in [0.2, 0.25) is 0 Å². The zero-order valence-electron chi connectivity index (χ0n) is 9.78. The first-order valence-electron chi connectivity index (χ1n) is 6.03. The molecule has 92 valence electrons. The lowest BCUT2D eigenvalue weighted by Crippen LogP contribution is -2.28. The van der Waals surface area contributed by atoms with Crippen LogP contribution in [0.25, 0.3) is 0 Å². The third-order valence-electron chi connectivity index (χ3n) is 3.66. The first-order chi connectivity index (χ1) is 8.20. The van der Waals surface area contributed by atoms with E-state index < -0.39 is 0 Å². The summed E-state index contributed by atoms with van der Waals surface area (Å²) in [7, 11) is 1.46. The van der Waals surface area contributed by atoms with Crippen molar-refractivity contribution in [3.05, 3.63) is 16.1 Å². The number of ether oxygens (including phenoxy) is 1. The largest absolute Gasteiger partial charge is 0.469 e. The summed E-state index contributed by atoms with van der Waals surface area (Å²) in [6, 6.07) is 0. The Labute approximate surface area is 108 Å². The molecule has 3 rings (SSSR count). The topological polar surface area (TPSA) is 44.1 Å². The molecule has 1 atom stereocenters. The minimum Gasteiger partial charge on any atom is -0.469 e. The molecular weight excluding hydrogens is 284 g/mol. The van der Waals surface area contributed by atoms with Crippen molar-refractivity contribution >= 4 is 21.9 Å². The average molecular weight is 299 g/mol. The molecule has 0 amide bonds. The number of rotatable bonds is 2. The van der Waals surface area contributed by atoms with Crippen molar-refractivity contribution in [3.8, 4) is 0 Å². The molecule has 1 aromatic rings. The van der Waals surface area contributed by atoms with E-state index in [9.17, 15) is 4.79 Å². The number of esters is 1. The van der Waals surface area contributed by atoms with Gasteiger partial charge in [0.2, 0.25) is 0 Å². The number of methoxy groups -OCH3 is 1. The second-order valence-corrected chi connectivity index (χ2v) is 5.60.